The van der Waals surface area contributed by atoms with E-state index in [0.717, 1.165) is 32.5 Å². The number of carbonyl (C=O) groups excluding carboxylic acids is 1. The first-order valence-electron chi connectivity index (χ1n) is 9.09. The molecular formula is C22H21N3O2S. The van der Waals surface area contributed by atoms with Crippen LogP contribution in [0.25, 0.3) is 21.9 Å². The molecule has 0 radical (unpaired) electrons. The average molecular weight is 391 g/mol. The highest BCUT2D eigenvalue weighted by atomic mass is 32.2. The second kappa shape index (κ2) is 6.95. The normalized spacial score (nSPS) is 12.6. The van der Waals surface area contributed by atoms with Gasteiger partial charge in [-0.15, -0.1) is 0 Å². The van der Waals surface area contributed by atoms with E-state index < -0.39 is 0 Å². The maximum atomic E-state index is 13.0. The number of Topliss-reactive ketones (excluding diaryl/α,β-unsaturated/α-hetero) is 1. The zero-order valence-corrected chi connectivity index (χ0v) is 17.1. The fourth-order valence-electron chi connectivity index (χ4n) is 3.51. The molecule has 6 heteroatoms. The molecule has 142 valence electrons. The Bertz CT molecular complexity index is 1290. The van der Waals surface area contributed by atoms with Gasteiger partial charge in [-0.05, 0) is 49.7 Å². The molecule has 0 fully saturated rings. The Hall–Kier alpha value is -2.86. The van der Waals surface area contributed by atoms with Crippen molar-refractivity contribution in [3.05, 3.63) is 70.1 Å². The van der Waals surface area contributed by atoms with E-state index in [1.807, 2.05) is 37.3 Å². The number of ketones is 1. The van der Waals surface area contributed by atoms with Gasteiger partial charge in [0, 0.05) is 25.0 Å². The van der Waals surface area contributed by atoms with E-state index in [9.17, 15) is 9.59 Å². The van der Waals surface area contributed by atoms with Gasteiger partial charge in [0.25, 0.3) is 0 Å². The Morgan fingerprint density at radius 2 is 1.75 bits per heavy atom. The van der Waals surface area contributed by atoms with E-state index in [1.54, 1.807) is 35.4 Å². The van der Waals surface area contributed by atoms with Crippen molar-refractivity contribution < 1.29 is 4.79 Å². The molecule has 0 aliphatic rings. The molecule has 0 amide bonds. The summed E-state index contributed by atoms with van der Waals surface area (Å²) >= 11 is 1.46. The summed E-state index contributed by atoms with van der Waals surface area (Å²) in [5.74, 6) is 0.0239. The number of fused-ring (bicyclic) bond motifs is 2. The minimum Gasteiger partial charge on any atom is -0.295 e. The van der Waals surface area contributed by atoms with E-state index >= 15 is 0 Å². The van der Waals surface area contributed by atoms with Crippen molar-refractivity contribution in [3.63, 3.8) is 0 Å². The first kappa shape index (κ1) is 18.5. The van der Waals surface area contributed by atoms with Gasteiger partial charge in [-0.2, -0.15) is 0 Å². The molecule has 4 rings (SSSR count). The molecule has 4 aromatic rings. The number of pyridine rings is 1. The van der Waals surface area contributed by atoms with Gasteiger partial charge in [0.15, 0.2) is 5.78 Å². The molecule has 2 aromatic carbocycles. The Labute approximate surface area is 167 Å². The highest BCUT2D eigenvalue weighted by molar-refractivity contribution is 8.00. The molecule has 0 aliphatic heterocycles. The van der Waals surface area contributed by atoms with Crippen LogP contribution in [0, 0.1) is 6.92 Å². The Morgan fingerprint density at radius 3 is 2.54 bits per heavy atom. The molecule has 1 atom stereocenters. The van der Waals surface area contributed by atoms with E-state index in [-0.39, 0.29) is 16.7 Å². The summed E-state index contributed by atoms with van der Waals surface area (Å²) < 4.78 is 3.15. The summed E-state index contributed by atoms with van der Waals surface area (Å²) in [5, 5.41) is 1.68. The molecule has 5 nitrogen and oxygen atoms in total. The molecule has 0 saturated heterocycles. The van der Waals surface area contributed by atoms with Crippen LogP contribution in [0.5, 0.6) is 0 Å². The summed E-state index contributed by atoms with van der Waals surface area (Å²) in [7, 11) is 3.46. The van der Waals surface area contributed by atoms with Crippen molar-refractivity contribution in [2.45, 2.75) is 24.1 Å². The van der Waals surface area contributed by atoms with Crippen molar-refractivity contribution in [1.82, 2.24) is 14.1 Å². The Balaban J connectivity index is 1.64. The lowest BCUT2D eigenvalue weighted by atomic mass is 10.1. The molecule has 0 aliphatic carbocycles. The molecule has 0 saturated carbocycles. The maximum absolute atomic E-state index is 13.0. The van der Waals surface area contributed by atoms with Gasteiger partial charge >= 0.3 is 5.69 Å². The number of hydrogen-bond donors (Lipinski definition) is 0. The van der Waals surface area contributed by atoms with Crippen LogP contribution in [0.4, 0.5) is 0 Å². The van der Waals surface area contributed by atoms with Gasteiger partial charge in [-0.25, -0.2) is 9.78 Å². The number of imidazole rings is 1. The lowest BCUT2D eigenvalue weighted by Crippen LogP contribution is -2.19. The fourth-order valence-corrected chi connectivity index (χ4v) is 4.51. The van der Waals surface area contributed by atoms with Gasteiger partial charge in [0.1, 0.15) is 0 Å². The number of aromatic nitrogens is 3. The van der Waals surface area contributed by atoms with Crippen molar-refractivity contribution in [1.29, 1.82) is 0 Å². The van der Waals surface area contributed by atoms with Crippen LogP contribution in [0.3, 0.4) is 0 Å². The third-order valence-corrected chi connectivity index (χ3v) is 6.14. The number of carbonyl (C=O) groups is 1. The van der Waals surface area contributed by atoms with Crippen LogP contribution in [-0.4, -0.2) is 25.2 Å². The molecule has 0 bridgehead atoms. The maximum Gasteiger partial charge on any atom is 0.328 e. The van der Waals surface area contributed by atoms with Crippen LogP contribution in [0.1, 0.15) is 22.8 Å². The van der Waals surface area contributed by atoms with E-state index in [2.05, 4.69) is 13.0 Å². The number of hydrogen-bond acceptors (Lipinski definition) is 4. The molecule has 2 heterocycles. The SMILES string of the molecule is Cc1cc(SC(C)C(=O)c2ccc3c(c2)n(C)c(=O)n3C)nc2ccccc12. The number of aryl methyl sites for hydroxylation is 3. The second-order valence-electron chi connectivity index (χ2n) is 7.02. The molecule has 2 aromatic heterocycles. The topological polar surface area (TPSA) is 56.9 Å². The lowest BCUT2D eigenvalue weighted by Gasteiger charge is -2.12. The number of rotatable bonds is 4. The lowest BCUT2D eigenvalue weighted by molar-refractivity contribution is 0.0994. The average Bonchev–Trinajstić information content (AvgIpc) is 2.91. The van der Waals surface area contributed by atoms with Crippen LogP contribution in [-0.2, 0) is 14.1 Å². The zero-order chi connectivity index (χ0) is 20.0. The summed E-state index contributed by atoms with van der Waals surface area (Å²) in [6.45, 7) is 3.96. The standard InChI is InChI=1S/C22H21N3O2S/c1-13-11-20(23-17-8-6-5-7-16(13)17)28-14(2)21(26)15-9-10-18-19(12-15)25(4)22(27)24(18)3/h5-12,14H,1-4H3. The molecule has 1 unspecified atom stereocenters. The van der Waals surface area contributed by atoms with Crippen molar-refractivity contribution >= 4 is 39.5 Å². The number of para-hydroxylation sites is 1. The molecular weight excluding hydrogens is 370 g/mol. The minimum absolute atomic E-state index is 0.0239. The van der Waals surface area contributed by atoms with Gasteiger partial charge in [-0.1, -0.05) is 30.0 Å². The number of nitrogens with zero attached hydrogens (tertiary/aromatic N) is 3. The van der Waals surface area contributed by atoms with Gasteiger partial charge in [0.2, 0.25) is 0 Å². The second-order valence-corrected chi connectivity index (χ2v) is 8.38. The van der Waals surface area contributed by atoms with Crippen LogP contribution < -0.4 is 5.69 Å². The monoisotopic (exact) mass is 391 g/mol. The largest absolute Gasteiger partial charge is 0.328 e. The third kappa shape index (κ3) is 3.03. The predicted octanol–water partition coefficient (Wildman–Crippen LogP) is 4.10. The van der Waals surface area contributed by atoms with Crippen LogP contribution in [0.2, 0.25) is 0 Å². The smallest absolute Gasteiger partial charge is 0.295 e. The van der Waals surface area contributed by atoms with Crippen LogP contribution in [0.15, 0.2) is 58.4 Å². The number of thioether (sulfide) groups is 1. The van der Waals surface area contributed by atoms with E-state index in [1.165, 1.54) is 11.8 Å². The van der Waals surface area contributed by atoms with Crippen molar-refractivity contribution in [2.75, 3.05) is 0 Å². The number of benzene rings is 2. The predicted molar refractivity (Wildman–Crippen MR) is 114 cm³/mol. The minimum atomic E-state index is -0.286. The first-order chi connectivity index (χ1) is 13.4. The van der Waals surface area contributed by atoms with Crippen molar-refractivity contribution in [2.24, 2.45) is 14.1 Å². The first-order valence-corrected chi connectivity index (χ1v) is 9.97. The Morgan fingerprint density at radius 1 is 1.04 bits per heavy atom. The van der Waals surface area contributed by atoms with Gasteiger partial charge in [-0.3, -0.25) is 13.9 Å². The van der Waals surface area contributed by atoms with E-state index in [4.69, 9.17) is 4.98 Å². The quantitative estimate of drug-likeness (QED) is 0.388. The van der Waals surface area contributed by atoms with E-state index in [0.29, 0.717) is 5.56 Å². The summed E-state index contributed by atoms with van der Waals surface area (Å²) in [4.78, 5) is 29.8. The van der Waals surface area contributed by atoms with Crippen LogP contribution >= 0.6 is 11.8 Å². The zero-order valence-electron chi connectivity index (χ0n) is 16.3. The Kier molecular flexibility index (Phi) is 4.59. The van der Waals surface area contributed by atoms with Crippen molar-refractivity contribution in [3.8, 4) is 0 Å². The fraction of sp³-hybridized carbons (Fsp3) is 0.227. The van der Waals surface area contributed by atoms with Gasteiger partial charge in [0.05, 0.1) is 26.8 Å². The third-order valence-electron chi connectivity index (χ3n) is 5.12. The summed E-state index contributed by atoms with van der Waals surface area (Å²) in [6.07, 6.45) is 0. The molecule has 0 spiro atoms. The summed E-state index contributed by atoms with van der Waals surface area (Å²) in [5.41, 5.74) is 4.16. The highest BCUT2D eigenvalue weighted by Gasteiger charge is 2.19. The van der Waals surface area contributed by atoms with Gasteiger partial charge < -0.3 is 0 Å². The highest BCUT2D eigenvalue weighted by Crippen LogP contribution is 2.28. The summed E-state index contributed by atoms with van der Waals surface area (Å²) in [6, 6.07) is 15.5. The molecule has 0 N–H and O–H groups in total. The molecule has 28 heavy (non-hydrogen) atoms.